The minimum absolute atomic E-state index is 0.0979. The van der Waals surface area contributed by atoms with Crippen molar-refractivity contribution in [3.8, 4) is 5.75 Å². The number of carbonyl (C=O) groups is 1. The van der Waals surface area contributed by atoms with E-state index in [-0.39, 0.29) is 5.78 Å². The van der Waals surface area contributed by atoms with Gasteiger partial charge >= 0.3 is 0 Å². The fourth-order valence-corrected chi connectivity index (χ4v) is 1.88. The van der Waals surface area contributed by atoms with Gasteiger partial charge in [-0.05, 0) is 37.5 Å². The molecular formula is C14H19NO2. The molecule has 0 radical (unpaired) electrons. The molecule has 2 N–H and O–H groups in total. The Hall–Kier alpha value is -1.61. The number of hydrogen-bond donors (Lipinski definition) is 1. The van der Waals surface area contributed by atoms with Crippen LogP contribution in [-0.2, 0) is 0 Å². The third-order valence-corrected chi connectivity index (χ3v) is 2.67. The molecule has 1 aromatic carbocycles. The van der Waals surface area contributed by atoms with Gasteiger partial charge in [0.25, 0.3) is 0 Å². The number of Topliss-reactive ketones (excluding diaryl/α,β-unsaturated/α-hetero) is 1. The molecule has 0 heterocycles. The van der Waals surface area contributed by atoms with Gasteiger partial charge in [-0.2, -0.15) is 0 Å². The molecule has 92 valence electrons. The summed E-state index contributed by atoms with van der Waals surface area (Å²) in [6, 6.07) is 3.25. The van der Waals surface area contributed by atoms with E-state index in [0.717, 1.165) is 11.1 Å². The van der Waals surface area contributed by atoms with Crippen LogP contribution in [0, 0.1) is 13.8 Å². The second-order valence-corrected chi connectivity index (χ2v) is 4.15. The van der Waals surface area contributed by atoms with Crippen LogP contribution < -0.4 is 10.5 Å². The number of aryl methyl sites for hydroxylation is 2. The number of ether oxygens (including phenoxy) is 1. The zero-order chi connectivity index (χ0) is 13.0. The van der Waals surface area contributed by atoms with Crippen LogP contribution in [0.3, 0.4) is 0 Å². The maximum atomic E-state index is 12.2. The van der Waals surface area contributed by atoms with E-state index in [0.29, 0.717) is 17.7 Å². The summed E-state index contributed by atoms with van der Waals surface area (Å²) in [6.07, 6.45) is 2.12. The molecule has 0 saturated carbocycles. The van der Waals surface area contributed by atoms with Crippen molar-refractivity contribution < 1.29 is 9.53 Å². The molecule has 0 bridgehead atoms. The van der Waals surface area contributed by atoms with Gasteiger partial charge in [0.05, 0.1) is 18.7 Å². The van der Waals surface area contributed by atoms with Gasteiger partial charge in [-0.25, -0.2) is 0 Å². The first-order chi connectivity index (χ1) is 8.01. The Balaban J connectivity index is 3.20. The van der Waals surface area contributed by atoms with Gasteiger partial charge in [-0.15, -0.1) is 6.58 Å². The maximum absolute atomic E-state index is 12.2. The first-order valence-electron chi connectivity index (χ1n) is 5.57. The minimum atomic E-state index is -0.553. The second-order valence-electron chi connectivity index (χ2n) is 4.15. The van der Waals surface area contributed by atoms with Crippen LogP contribution in [0.1, 0.15) is 27.9 Å². The summed E-state index contributed by atoms with van der Waals surface area (Å²) in [4.78, 5) is 12.2. The molecule has 0 aliphatic heterocycles. The van der Waals surface area contributed by atoms with Gasteiger partial charge in [0, 0.05) is 0 Å². The van der Waals surface area contributed by atoms with Crippen LogP contribution in [-0.4, -0.2) is 18.9 Å². The van der Waals surface area contributed by atoms with Crippen LogP contribution in [0.15, 0.2) is 24.8 Å². The van der Waals surface area contributed by atoms with E-state index in [4.69, 9.17) is 10.5 Å². The lowest BCUT2D eigenvalue weighted by Crippen LogP contribution is -2.30. The first-order valence-corrected chi connectivity index (χ1v) is 5.57. The molecule has 0 aliphatic carbocycles. The van der Waals surface area contributed by atoms with E-state index in [1.807, 2.05) is 26.0 Å². The van der Waals surface area contributed by atoms with Crippen molar-refractivity contribution in [1.82, 2.24) is 0 Å². The molecule has 17 heavy (non-hydrogen) atoms. The van der Waals surface area contributed by atoms with E-state index < -0.39 is 6.04 Å². The second kappa shape index (κ2) is 5.64. The Morgan fingerprint density at radius 1 is 1.53 bits per heavy atom. The molecule has 0 amide bonds. The number of methoxy groups -OCH3 is 1. The number of ketones is 1. The van der Waals surface area contributed by atoms with Crippen molar-refractivity contribution >= 4 is 5.78 Å². The van der Waals surface area contributed by atoms with Gasteiger partial charge in [-0.3, -0.25) is 4.79 Å². The van der Waals surface area contributed by atoms with Crippen LogP contribution in [0.4, 0.5) is 0 Å². The maximum Gasteiger partial charge on any atom is 0.183 e. The molecule has 1 atom stereocenters. The summed E-state index contributed by atoms with van der Waals surface area (Å²) in [5, 5.41) is 0. The normalized spacial score (nSPS) is 12.0. The van der Waals surface area contributed by atoms with Crippen molar-refractivity contribution in [1.29, 1.82) is 0 Å². The molecule has 1 aromatic rings. The van der Waals surface area contributed by atoms with Gasteiger partial charge in [0.15, 0.2) is 5.78 Å². The SMILES string of the molecule is C=CCC(N)C(=O)c1c(C)cc(C)cc1OC. The molecule has 0 fully saturated rings. The van der Waals surface area contributed by atoms with E-state index >= 15 is 0 Å². The van der Waals surface area contributed by atoms with E-state index in [2.05, 4.69) is 6.58 Å². The zero-order valence-corrected chi connectivity index (χ0v) is 10.6. The van der Waals surface area contributed by atoms with Crippen LogP contribution in [0.2, 0.25) is 0 Å². The summed E-state index contributed by atoms with van der Waals surface area (Å²) < 4.78 is 5.25. The molecule has 1 rings (SSSR count). The van der Waals surface area contributed by atoms with Crippen molar-refractivity contribution in [3.05, 3.63) is 41.5 Å². The van der Waals surface area contributed by atoms with Crippen LogP contribution >= 0.6 is 0 Å². The molecule has 0 aliphatic rings. The van der Waals surface area contributed by atoms with Crippen molar-refractivity contribution in [2.24, 2.45) is 5.73 Å². The molecular weight excluding hydrogens is 214 g/mol. The quantitative estimate of drug-likeness (QED) is 0.627. The number of hydrogen-bond acceptors (Lipinski definition) is 3. The lowest BCUT2D eigenvalue weighted by Gasteiger charge is -2.15. The molecule has 0 aromatic heterocycles. The fourth-order valence-electron chi connectivity index (χ4n) is 1.88. The summed E-state index contributed by atoms with van der Waals surface area (Å²) in [7, 11) is 1.56. The summed E-state index contributed by atoms with van der Waals surface area (Å²) in [5.41, 5.74) is 8.35. The number of carbonyl (C=O) groups excluding carboxylic acids is 1. The monoisotopic (exact) mass is 233 g/mol. The van der Waals surface area contributed by atoms with E-state index in [1.54, 1.807) is 13.2 Å². The Morgan fingerprint density at radius 2 is 2.18 bits per heavy atom. The lowest BCUT2D eigenvalue weighted by molar-refractivity contribution is 0.0958. The lowest BCUT2D eigenvalue weighted by atomic mass is 9.95. The third-order valence-electron chi connectivity index (χ3n) is 2.67. The fraction of sp³-hybridized carbons (Fsp3) is 0.357. The molecule has 1 unspecified atom stereocenters. The Labute approximate surface area is 102 Å². The van der Waals surface area contributed by atoms with E-state index in [9.17, 15) is 4.79 Å². The highest BCUT2D eigenvalue weighted by molar-refractivity contribution is 6.03. The third kappa shape index (κ3) is 2.94. The summed E-state index contributed by atoms with van der Waals surface area (Å²) in [5.74, 6) is 0.492. The highest BCUT2D eigenvalue weighted by atomic mass is 16.5. The number of nitrogens with two attached hydrogens (primary N) is 1. The van der Waals surface area contributed by atoms with Crippen molar-refractivity contribution in [2.45, 2.75) is 26.3 Å². The molecule has 0 spiro atoms. The van der Waals surface area contributed by atoms with E-state index in [1.165, 1.54) is 0 Å². The molecule has 3 heteroatoms. The van der Waals surface area contributed by atoms with Crippen LogP contribution in [0.5, 0.6) is 5.75 Å². The van der Waals surface area contributed by atoms with Gasteiger partial charge < -0.3 is 10.5 Å². The predicted molar refractivity (Wildman–Crippen MR) is 69.6 cm³/mol. The Morgan fingerprint density at radius 3 is 2.71 bits per heavy atom. The zero-order valence-electron chi connectivity index (χ0n) is 10.6. The number of benzene rings is 1. The predicted octanol–water partition coefficient (Wildman–Crippen LogP) is 2.40. The number of rotatable bonds is 5. The molecule has 3 nitrogen and oxygen atoms in total. The highest BCUT2D eigenvalue weighted by Crippen LogP contribution is 2.25. The van der Waals surface area contributed by atoms with Crippen molar-refractivity contribution in [2.75, 3.05) is 7.11 Å². The van der Waals surface area contributed by atoms with Gasteiger partial charge in [0.1, 0.15) is 5.75 Å². The van der Waals surface area contributed by atoms with Crippen molar-refractivity contribution in [3.63, 3.8) is 0 Å². The Bertz CT molecular complexity index is 438. The van der Waals surface area contributed by atoms with Gasteiger partial charge in [0.2, 0.25) is 0 Å². The smallest absolute Gasteiger partial charge is 0.183 e. The average molecular weight is 233 g/mol. The topological polar surface area (TPSA) is 52.3 Å². The highest BCUT2D eigenvalue weighted by Gasteiger charge is 2.21. The largest absolute Gasteiger partial charge is 0.496 e. The average Bonchev–Trinajstić information content (AvgIpc) is 2.27. The minimum Gasteiger partial charge on any atom is -0.496 e. The summed E-state index contributed by atoms with van der Waals surface area (Å²) in [6.45, 7) is 7.45. The van der Waals surface area contributed by atoms with Gasteiger partial charge in [-0.1, -0.05) is 12.1 Å². The molecule has 0 saturated heterocycles. The first kappa shape index (κ1) is 13.5. The van der Waals surface area contributed by atoms with Crippen LogP contribution in [0.25, 0.3) is 0 Å². The summed E-state index contributed by atoms with van der Waals surface area (Å²) >= 11 is 0. The Kier molecular flexibility index (Phi) is 4.46. The standard InChI is InChI=1S/C14H19NO2/c1-5-6-11(15)14(16)13-10(3)7-9(2)8-12(13)17-4/h5,7-8,11H,1,6,15H2,2-4H3.